The summed E-state index contributed by atoms with van der Waals surface area (Å²) in [5, 5.41) is 0. The molecular formula is C16H20N4. The second-order valence-electron chi connectivity index (χ2n) is 5.25. The average molecular weight is 268 g/mol. The van der Waals surface area contributed by atoms with E-state index >= 15 is 0 Å². The van der Waals surface area contributed by atoms with E-state index in [1.54, 1.807) is 0 Å². The van der Waals surface area contributed by atoms with Crippen LogP contribution in [0.1, 0.15) is 18.4 Å². The highest BCUT2D eigenvalue weighted by Crippen LogP contribution is 2.19. The zero-order valence-corrected chi connectivity index (χ0v) is 11.9. The third-order valence-corrected chi connectivity index (χ3v) is 3.67. The predicted octanol–water partition coefficient (Wildman–Crippen LogP) is 2.71. The van der Waals surface area contributed by atoms with Crippen molar-refractivity contribution >= 4 is 11.8 Å². The van der Waals surface area contributed by atoms with Crippen LogP contribution in [0.5, 0.6) is 0 Å². The van der Waals surface area contributed by atoms with Gasteiger partial charge in [0.2, 0.25) is 5.95 Å². The Balaban J connectivity index is 1.74. The van der Waals surface area contributed by atoms with Gasteiger partial charge in [0, 0.05) is 32.9 Å². The molecule has 0 bridgehead atoms. The van der Waals surface area contributed by atoms with Crippen LogP contribution >= 0.6 is 0 Å². The fourth-order valence-corrected chi connectivity index (χ4v) is 2.56. The summed E-state index contributed by atoms with van der Waals surface area (Å²) in [4.78, 5) is 13.5. The molecule has 0 amide bonds. The molecule has 0 unspecified atom stereocenters. The van der Waals surface area contributed by atoms with E-state index in [-0.39, 0.29) is 0 Å². The SMILES string of the molecule is CN(Cc1ccccc1)c1ccnc(N2CCCC2)n1. The lowest BCUT2D eigenvalue weighted by atomic mass is 10.2. The van der Waals surface area contributed by atoms with Gasteiger partial charge in [-0.15, -0.1) is 0 Å². The molecule has 1 saturated heterocycles. The van der Waals surface area contributed by atoms with Crippen molar-refractivity contribution in [3.63, 3.8) is 0 Å². The van der Waals surface area contributed by atoms with Crippen molar-refractivity contribution < 1.29 is 0 Å². The van der Waals surface area contributed by atoms with Gasteiger partial charge in [-0.1, -0.05) is 30.3 Å². The van der Waals surface area contributed by atoms with Crippen molar-refractivity contribution in [2.75, 3.05) is 29.9 Å². The maximum atomic E-state index is 4.69. The van der Waals surface area contributed by atoms with E-state index in [1.807, 2.05) is 18.3 Å². The van der Waals surface area contributed by atoms with Crippen LogP contribution < -0.4 is 9.80 Å². The summed E-state index contributed by atoms with van der Waals surface area (Å²) in [5.41, 5.74) is 1.29. The first-order valence-electron chi connectivity index (χ1n) is 7.16. The molecule has 4 heteroatoms. The maximum absolute atomic E-state index is 4.69. The Labute approximate surface area is 120 Å². The van der Waals surface area contributed by atoms with Crippen LogP contribution in [0.25, 0.3) is 0 Å². The summed E-state index contributed by atoms with van der Waals surface area (Å²) < 4.78 is 0. The largest absolute Gasteiger partial charge is 0.355 e. The Hall–Kier alpha value is -2.10. The Morgan fingerprint density at radius 2 is 1.85 bits per heavy atom. The van der Waals surface area contributed by atoms with Gasteiger partial charge in [0.25, 0.3) is 0 Å². The monoisotopic (exact) mass is 268 g/mol. The first kappa shape index (κ1) is 12.9. The number of anilines is 2. The molecule has 0 radical (unpaired) electrons. The smallest absolute Gasteiger partial charge is 0.227 e. The van der Waals surface area contributed by atoms with E-state index in [0.29, 0.717) is 0 Å². The van der Waals surface area contributed by atoms with Gasteiger partial charge in [-0.3, -0.25) is 0 Å². The van der Waals surface area contributed by atoms with E-state index in [9.17, 15) is 0 Å². The van der Waals surface area contributed by atoms with Gasteiger partial charge in [0.05, 0.1) is 0 Å². The van der Waals surface area contributed by atoms with E-state index in [4.69, 9.17) is 4.98 Å². The van der Waals surface area contributed by atoms with E-state index < -0.39 is 0 Å². The van der Waals surface area contributed by atoms with Gasteiger partial charge in [-0.25, -0.2) is 4.98 Å². The number of hydrogen-bond donors (Lipinski definition) is 0. The molecule has 3 rings (SSSR count). The second-order valence-corrected chi connectivity index (χ2v) is 5.25. The molecule has 1 fully saturated rings. The van der Waals surface area contributed by atoms with Gasteiger partial charge in [-0.2, -0.15) is 4.98 Å². The van der Waals surface area contributed by atoms with Crippen molar-refractivity contribution in [1.29, 1.82) is 0 Å². The molecule has 2 heterocycles. The summed E-state index contributed by atoms with van der Waals surface area (Å²) in [6.07, 6.45) is 4.35. The summed E-state index contributed by atoms with van der Waals surface area (Å²) >= 11 is 0. The Kier molecular flexibility index (Phi) is 3.81. The standard InChI is InChI=1S/C16H20N4/c1-19(13-14-7-3-2-4-8-14)15-9-10-17-16(18-15)20-11-5-6-12-20/h2-4,7-10H,5-6,11-13H2,1H3. The Morgan fingerprint density at radius 1 is 1.10 bits per heavy atom. The van der Waals surface area contributed by atoms with Crippen molar-refractivity contribution in [1.82, 2.24) is 9.97 Å². The van der Waals surface area contributed by atoms with Crippen LogP contribution in [0.2, 0.25) is 0 Å². The molecule has 0 N–H and O–H groups in total. The quantitative estimate of drug-likeness (QED) is 0.853. The fourth-order valence-electron chi connectivity index (χ4n) is 2.56. The van der Waals surface area contributed by atoms with Crippen molar-refractivity contribution in [3.8, 4) is 0 Å². The highest BCUT2D eigenvalue weighted by molar-refractivity contribution is 5.44. The van der Waals surface area contributed by atoms with Crippen LogP contribution in [0.15, 0.2) is 42.6 Å². The topological polar surface area (TPSA) is 32.3 Å². The Morgan fingerprint density at radius 3 is 2.60 bits per heavy atom. The molecule has 1 aliphatic heterocycles. The molecule has 2 aromatic rings. The molecule has 0 saturated carbocycles. The first-order valence-corrected chi connectivity index (χ1v) is 7.16. The molecule has 0 spiro atoms. The average Bonchev–Trinajstić information content (AvgIpc) is 3.03. The van der Waals surface area contributed by atoms with Gasteiger partial charge in [0.15, 0.2) is 0 Å². The molecular weight excluding hydrogens is 248 g/mol. The molecule has 0 atom stereocenters. The van der Waals surface area contributed by atoms with Gasteiger partial charge < -0.3 is 9.80 Å². The van der Waals surface area contributed by atoms with E-state index in [1.165, 1.54) is 18.4 Å². The Bertz CT molecular complexity index is 549. The highest BCUT2D eigenvalue weighted by atomic mass is 15.3. The lowest BCUT2D eigenvalue weighted by Gasteiger charge is -2.21. The zero-order valence-electron chi connectivity index (χ0n) is 11.9. The summed E-state index contributed by atoms with van der Waals surface area (Å²) in [5.74, 6) is 1.84. The summed E-state index contributed by atoms with van der Waals surface area (Å²) in [6, 6.07) is 12.4. The van der Waals surface area contributed by atoms with Crippen LogP contribution in [-0.2, 0) is 6.54 Å². The highest BCUT2D eigenvalue weighted by Gasteiger charge is 2.15. The first-order chi connectivity index (χ1) is 9.83. The number of rotatable bonds is 4. The van der Waals surface area contributed by atoms with Gasteiger partial charge in [0.1, 0.15) is 5.82 Å². The number of benzene rings is 1. The summed E-state index contributed by atoms with van der Waals surface area (Å²) in [6.45, 7) is 3.01. The predicted molar refractivity (Wildman–Crippen MR) is 82.0 cm³/mol. The maximum Gasteiger partial charge on any atom is 0.227 e. The van der Waals surface area contributed by atoms with Crippen LogP contribution in [-0.4, -0.2) is 30.1 Å². The summed E-state index contributed by atoms with van der Waals surface area (Å²) in [7, 11) is 2.07. The van der Waals surface area contributed by atoms with Crippen LogP contribution in [0.4, 0.5) is 11.8 Å². The lowest BCUT2D eigenvalue weighted by Crippen LogP contribution is -2.23. The lowest BCUT2D eigenvalue weighted by molar-refractivity contribution is 0.857. The number of nitrogens with zero attached hydrogens (tertiary/aromatic N) is 4. The van der Waals surface area contributed by atoms with E-state index in [2.05, 4.69) is 46.1 Å². The fraction of sp³-hybridized carbons (Fsp3) is 0.375. The molecule has 4 nitrogen and oxygen atoms in total. The van der Waals surface area contributed by atoms with Crippen LogP contribution in [0.3, 0.4) is 0 Å². The molecule has 1 aromatic heterocycles. The molecule has 1 aliphatic rings. The van der Waals surface area contributed by atoms with Crippen molar-refractivity contribution in [3.05, 3.63) is 48.2 Å². The van der Waals surface area contributed by atoms with Crippen molar-refractivity contribution in [2.45, 2.75) is 19.4 Å². The van der Waals surface area contributed by atoms with Crippen molar-refractivity contribution in [2.24, 2.45) is 0 Å². The third kappa shape index (κ3) is 2.90. The number of hydrogen-bond acceptors (Lipinski definition) is 4. The second kappa shape index (κ2) is 5.90. The molecule has 1 aromatic carbocycles. The number of aromatic nitrogens is 2. The minimum Gasteiger partial charge on any atom is -0.355 e. The minimum atomic E-state index is 0.858. The molecule has 20 heavy (non-hydrogen) atoms. The third-order valence-electron chi connectivity index (χ3n) is 3.67. The van der Waals surface area contributed by atoms with Gasteiger partial charge >= 0.3 is 0 Å². The van der Waals surface area contributed by atoms with E-state index in [0.717, 1.165) is 31.4 Å². The molecule has 104 valence electrons. The van der Waals surface area contributed by atoms with Crippen LogP contribution in [0, 0.1) is 0 Å². The molecule has 0 aliphatic carbocycles. The normalized spacial score (nSPS) is 14.6. The minimum absolute atomic E-state index is 0.858. The zero-order chi connectivity index (χ0) is 13.8. The van der Waals surface area contributed by atoms with Gasteiger partial charge in [-0.05, 0) is 24.5 Å².